The van der Waals surface area contributed by atoms with Gasteiger partial charge in [-0.05, 0) is 24.3 Å². The number of carbonyl (C=O) groups is 1. The van der Waals surface area contributed by atoms with Gasteiger partial charge in [-0.2, -0.15) is 0 Å². The Morgan fingerprint density at radius 2 is 2.14 bits per heavy atom. The van der Waals surface area contributed by atoms with Crippen molar-refractivity contribution in [3.05, 3.63) is 47.9 Å². The summed E-state index contributed by atoms with van der Waals surface area (Å²) in [5, 5.41) is 0. The molecule has 8 heteroatoms. The number of benzene rings is 1. The first-order chi connectivity index (χ1) is 9.90. The number of nitrogens with two attached hydrogens (primary N) is 1. The monoisotopic (exact) mass is 310 g/mol. The fraction of sp³-hybridized carbons (Fsp3) is 0.154. The fourth-order valence-corrected chi connectivity index (χ4v) is 2.26. The summed E-state index contributed by atoms with van der Waals surface area (Å²) < 4.78 is 33.5. The predicted octanol–water partition coefficient (Wildman–Crippen LogP) is 0.866. The number of nitrogens with one attached hydrogen (secondary N) is 1. The van der Waals surface area contributed by atoms with Crippen LogP contribution in [0, 0.1) is 0 Å². The summed E-state index contributed by atoms with van der Waals surface area (Å²) in [6, 6.07) is 7.61. The maximum Gasteiger partial charge on any atom is 0.268 e. The van der Waals surface area contributed by atoms with Crippen LogP contribution >= 0.6 is 0 Å². The molecule has 3 N–H and O–H groups in total. The van der Waals surface area contributed by atoms with Gasteiger partial charge in [0.15, 0.2) is 9.84 Å². The Kier molecular flexibility index (Phi) is 4.29. The van der Waals surface area contributed by atoms with E-state index in [1.807, 2.05) is 5.43 Å². The minimum Gasteiger partial charge on any atom is -0.486 e. The maximum absolute atomic E-state index is 11.4. The molecule has 1 aromatic heterocycles. The van der Waals surface area contributed by atoms with E-state index in [4.69, 9.17) is 15.0 Å². The van der Waals surface area contributed by atoms with E-state index in [0.717, 1.165) is 6.26 Å². The Balaban J connectivity index is 2.07. The predicted molar refractivity (Wildman–Crippen MR) is 74.2 cm³/mol. The van der Waals surface area contributed by atoms with Crippen molar-refractivity contribution in [3.8, 4) is 5.75 Å². The van der Waals surface area contributed by atoms with Gasteiger partial charge in [0.05, 0.1) is 10.5 Å². The standard InChI is InChI=1S/C13H14N2O5S/c1-21(17,18)12-4-2-3-10(6-12)20-8-11-5-9(7-19-11)13(16)15-14/h2-7H,8,14H2,1H3,(H,15,16). The second-order valence-electron chi connectivity index (χ2n) is 4.31. The summed E-state index contributed by atoms with van der Waals surface area (Å²) in [6.45, 7) is 0.0606. The van der Waals surface area contributed by atoms with Gasteiger partial charge < -0.3 is 9.15 Å². The topological polar surface area (TPSA) is 112 Å². The van der Waals surface area contributed by atoms with Gasteiger partial charge in [-0.1, -0.05) is 6.07 Å². The molecule has 1 heterocycles. The molecule has 0 fully saturated rings. The molecule has 2 rings (SSSR count). The zero-order valence-corrected chi connectivity index (χ0v) is 12.0. The summed E-state index contributed by atoms with van der Waals surface area (Å²) >= 11 is 0. The molecule has 7 nitrogen and oxygen atoms in total. The Morgan fingerprint density at radius 1 is 1.38 bits per heavy atom. The smallest absolute Gasteiger partial charge is 0.268 e. The Bertz CT molecular complexity index is 751. The summed E-state index contributed by atoms with van der Waals surface area (Å²) in [6.07, 6.45) is 2.38. The number of ether oxygens (including phenoxy) is 1. The number of nitrogen functional groups attached to an aromatic ring is 1. The second kappa shape index (κ2) is 5.98. The molecule has 1 amide bonds. The Hall–Kier alpha value is -2.32. The van der Waals surface area contributed by atoms with Crippen molar-refractivity contribution in [2.75, 3.05) is 6.26 Å². The molecule has 112 valence electrons. The first-order valence-corrected chi connectivity index (χ1v) is 7.80. The lowest BCUT2D eigenvalue weighted by atomic mass is 10.3. The van der Waals surface area contributed by atoms with Crippen molar-refractivity contribution < 1.29 is 22.4 Å². The van der Waals surface area contributed by atoms with Gasteiger partial charge in [0.25, 0.3) is 5.91 Å². The zero-order valence-electron chi connectivity index (χ0n) is 11.2. The van der Waals surface area contributed by atoms with Crippen molar-refractivity contribution in [1.82, 2.24) is 5.43 Å². The average Bonchev–Trinajstić information content (AvgIpc) is 2.92. The molecular formula is C13H14N2O5S. The van der Waals surface area contributed by atoms with Gasteiger partial charge in [-0.25, -0.2) is 14.3 Å². The molecule has 0 unspecified atom stereocenters. The summed E-state index contributed by atoms with van der Waals surface area (Å²) in [4.78, 5) is 11.4. The minimum absolute atomic E-state index is 0.0606. The van der Waals surface area contributed by atoms with Crippen molar-refractivity contribution in [2.45, 2.75) is 11.5 Å². The highest BCUT2D eigenvalue weighted by atomic mass is 32.2. The number of amides is 1. The van der Waals surface area contributed by atoms with E-state index >= 15 is 0 Å². The summed E-state index contributed by atoms with van der Waals surface area (Å²) in [7, 11) is -3.29. The van der Waals surface area contributed by atoms with E-state index in [1.165, 1.54) is 24.5 Å². The van der Waals surface area contributed by atoms with Crippen LogP contribution in [0.15, 0.2) is 45.9 Å². The minimum atomic E-state index is -3.29. The summed E-state index contributed by atoms with van der Waals surface area (Å²) in [5.41, 5.74) is 2.26. The van der Waals surface area contributed by atoms with Crippen LogP contribution in [0.3, 0.4) is 0 Å². The molecule has 0 atom stereocenters. The van der Waals surface area contributed by atoms with Crippen molar-refractivity contribution in [3.63, 3.8) is 0 Å². The summed E-state index contributed by atoms with van der Waals surface area (Å²) in [5.74, 6) is 5.34. The first-order valence-electron chi connectivity index (χ1n) is 5.91. The zero-order chi connectivity index (χ0) is 15.5. The molecule has 2 aromatic rings. The molecular weight excluding hydrogens is 296 g/mol. The first kappa shape index (κ1) is 15.1. The normalized spacial score (nSPS) is 11.1. The van der Waals surface area contributed by atoms with Crippen LogP contribution in [0.5, 0.6) is 5.75 Å². The van der Waals surface area contributed by atoms with Crippen LogP contribution in [0.2, 0.25) is 0 Å². The van der Waals surface area contributed by atoms with Crippen LogP contribution in [-0.4, -0.2) is 20.6 Å². The molecule has 21 heavy (non-hydrogen) atoms. The van der Waals surface area contributed by atoms with Gasteiger partial charge in [-0.3, -0.25) is 10.2 Å². The number of hydrogen-bond acceptors (Lipinski definition) is 6. The molecule has 0 saturated carbocycles. The molecule has 0 aliphatic carbocycles. The molecule has 0 radical (unpaired) electrons. The van der Waals surface area contributed by atoms with Crippen LogP contribution in [-0.2, 0) is 16.4 Å². The van der Waals surface area contributed by atoms with Gasteiger partial charge in [0.2, 0.25) is 0 Å². The lowest BCUT2D eigenvalue weighted by Crippen LogP contribution is -2.29. The highest BCUT2D eigenvalue weighted by Crippen LogP contribution is 2.19. The number of hydrazine groups is 1. The van der Waals surface area contributed by atoms with Crippen molar-refractivity contribution in [1.29, 1.82) is 0 Å². The van der Waals surface area contributed by atoms with Gasteiger partial charge >= 0.3 is 0 Å². The third-order valence-electron chi connectivity index (χ3n) is 2.66. The van der Waals surface area contributed by atoms with Gasteiger partial charge in [-0.15, -0.1) is 0 Å². The average molecular weight is 310 g/mol. The van der Waals surface area contributed by atoms with Gasteiger partial charge in [0, 0.05) is 6.26 Å². The second-order valence-corrected chi connectivity index (χ2v) is 6.33. The van der Waals surface area contributed by atoms with Crippen LogP contribution in [0.25, 0.3) is 0 Å². The van der Waals surface area contributed by atoms with Crippen LogP contribution in [0.4, 0.5) is 0 Å². The Morgan fingerprint density at radius 3 is 2.81 bits per heavy atom. The van der Waals surface area contributed by atoms with Gasteiger partial charge in [0.1, 0.15) is 24.4 Å². The molecule has 0 aliphatic rings. The third kappa shape index (κ3) is 3.83. The van der Waals surface area contributed by atoms with E-state index in [2.05, 4.69) is 0 Å². The van der Waals surface area contributed by atoms with E-state index in [1.54, 1.807) is 12.1 Å². The molecule has 0 spiro atoms. The fourth-order valence-electron chi connectivity index (χ4n) is 1.61. The van der Waals surface area contributed by atoms with E-state index in [9.17, 15) is 13.2 Å². The van der Waals surface area contributed by atoms with E-state index in [-0.39, 0.29) is 17.1 Å². The molecule has 0 aliphatic heterocycles. The highest BCUT2D eigenvalue weighted by Gasteiger charge is 2.10. The van der Waals surface area contributed by atoms with Crippen molar-refractivity contribution >= 4 is 15.7 Å². The number of sulfone groups is 1. The number of furan rings is 1. The quantitative estimate of drug-likeness (QED) is 0.481. The largest absolute Gasteiger partial charge is 0.486 e. The van der Waals surface area contributed by atoms with E-state index in [0.29, 0.717) is 11.5 Å². The maximum atomic E-state index is 11.4. The lowest BCUT2D eigenvalue weighted by Gasteiger charge is -2.05. The molecule has 0 bridgehead atoms. The van der Waals surface area contributed by atoms with Crippen molar-refractivity contribution in [2.24, 2.45) is 5.84 Å². The highest BCUT2D eigenvalue weighted by molar-refractivity contribution is 7.90. The molecule has 1 aromatic carbocycles. The molecule has 0 saturated heterocycles. The third-order valence-corrected chi connectivity index (χ3v) is 3.77. The lowest BCUT2D eigenvalue weighted by molar-refractivity contribution is 0.0953. The van der Waals surface area contributed by atoms with Crippen LogP contribution < -0.4 is 16.0 Å². The van der Waals surface area contributed by atoms with Crippen LogP contribution in [0.1, 0.15) is 16.1 Å². The Labute approximate surface area is 121 Å². The number of hydrogen-bond donors (Lipinski definition) is 2. The number of rotatable bonds is 5. The van der Waals surface area contributed by atoms with E-state index < -0.39 is 15.7 Å². The SMILES string of the molecule is CS(=O)(=O)c1cccc(OCc2cc(C(=O)NN)co2)c1. The number of carbonyl (C=O) groups excluding carboxylic acids is 1.